The highest BCUT2D eigenvalue weighted by atomic mass is 35.5. The highest BCUT2D eigenvalue weighted by molar-refractivity contribution is 7.15. The topological polar surface area (TPSA) is 68.5 Å². The Balaban J connectivity index is 1.32. The summed E-state index contributed by atoms with van der Waals surface area (Å²) in [6, 6.07) is 11.1. The number of carbonyl (C=O) groups is 1. The highest BCUT2D eigenvalue weighted by Gasteiger charge is 2.13. The number of hydrogen-bond acceptors (Lipinski definition) is 5. The van der Waals surface area contributed by atoms with Crippen molar-refractivity contribution in [2.45, 2.75) is 12.8 Å². The van der Waals surface area contributed by atoms with Crippen molar-refractivity contribution in [2.75, 3.05) is 11.9 Å². The van der Waals surface area contributed by atoms with Gasteiger partial charge in [0, 0.05) is 22.4 Å². The van der Waals surface area contributed by atoms with E-state index in [-0.39, 0.29) is 24.1 Å². The largest absolute Gasteiger partial charge is 0.492 e. The molecule has 1 N–H and O–H groups in total. The molecule has 2 aromatic heterocycles. The third kappa shape index (κ3) is 4.72. The van der Waals surface area contributed by atoms with Crippen LogP contribution in [0, 0.1) is 5.82 Å². The number of nitrogens with one attached hydrogen (secondary N) is 1. The van der Waals surface area contributed by atoms with Crippen molar-refractivity contribution in [2.24, 2.45) is 0 Å². The van der Waals surface area contributed by atoms with E-state index in [1.807, 2.05) is 5.38 Å². The van der Waals surface area contributed by atoms with Gasteiger partial charge in [-0.3, -0.25) is 10.1 Å². The lowest BCUT2D eigenvalue weighted by Gasteiger charge is -2.07. The Kier molecular flexibility index (Phi) is 6.17. The summed E-state index contributed by atoms with van der Waals surface area (Å²) in [5.74, 6) is 0.212. The van der Waals surface area contributed by atoms with Crippen molar-refractivity contribution in [1.82, 2.24) is 14.6 Å². The number of fused-ring (bicyclic) bond motifs is 1. The normalized spacial score (nSPS) is 11.0. The highest BCUT2D eigenvalue weighted by Crippen LogP contribution is 2.28. The second kappa shape index (κ2) is 8.99. The monoisotopic (exact) mass is 464 g/mol. The van der Waals surface area contributed by atoms with Gasteiger partial charge in [0.1, 0.15) is 11.6 Å². The van der Waals surface area contributed by atoms with Gasteiger partial charge in [0.05, 0.1) is 17.3 Å². The predicted octanol–water partition coefficient (Wildman–Crippen LogP) is 5.70. The number of amides is 1. The minimum absolute atomic E-state index is 0.219. The number of thiazole rings is 1. The fourth-order valence-electron chi connectivity index (χ4n) is 2.75. The molecule has 10 heteroatoms. The SMILES string of the molecule is O=C(CCCOc1ccc(Cl)cc1Cl)Nc1nc2scc(-c3ccc(F)cc3)n2n1. The Morgan fingerprint density at radius 3 is 2.77 bits per heavy atom. The standard InChI is InChI=1S/C20H15Cl2FN4O2S/c21-13-5-8-17(15(22)10-13)29-9-1-2-18(28)24-19-25-20-27(26-19)16(11-30-20)12-3-6-14(23)7-4-12/h3-8,10-11H,1-2,9H2,(H,24,26,28). The fourth-order valence-corrected chi connectivity index (χ4v) is 4.04. The Hall–Kier alpha value is -2.68. The van der Waals surface area contributed by atoms with E-state index in [1.54, 1.807) is 34.8 Å². The zero-order valence-electron chi connectivity index (χ0n) is 15.4. The molecule has 0 aliphatic heterocycles. The third-order valence-electron chi connectivity index (χ3n) is 4.17. The van der Waals surface area contributed by atoms with Gasteiger partial charge in [0.25, 0.3) is 0 Å². The minimum atomic E-state index is -0.306. The van der Waals surface area contributed by atoms with Crippen molar-refractivity contribution in [1.29, 1.82) is 0 Å². The van der Waals surface area contributed by atoms with Gasteiger partial charge < -0.3 is 4.74 Å². The van der Waals surface area contributed by atoms with Crippen LogP contribution >= 0.6 is 34.5 Å². The van der Waals surface area contributed by atoms with Crippen LogP contribution in [0.2, 0.25) is 10.0 Å². The summed E-state index contributed by atoms with van der Waals surface area (Å²) in [5.41, 5.74) is 1.58. The summed E-state index contributed by atoms with van der Waals surface area (Å²) < 4.78 is 20.3. The van der Waals surface area contributed by atoms with Gasteiger partial charge in [-0.2, -0.15) is 4.98 Å². The molecule has 1 amide bonds. The first-order chi connectivity index (χ1) is 14.5. The maximum absolute atomic E-state index is 13.1. The molecule has 0 atom stereocenters. The van der Waals surface area contributed by atoms with E-state index >= 15 is 0 Å². The van der Waals surface area contributed by atoms with Crippen LogP contribution in [0.1, 0.15) is 12.8 Å². The summed E-state index contributed by atoms with van der Waals surface area (Å²) in [7, 11) is 0. The molecule has 0 fully saturated rings. The second-order valence-electron chi connectivity index (χ2n) is 6.33. The molecule has 2 aromatic carbocycles. The van der Waals surface area contributed by atoms with Crippen LogP contribution < -0.4 is 10.1 Å². The molecule has 0 spiro atoms. The number of rotatable bonds is 7. The molecule has 0 bridgehead atoms. The lowest BCUT2D eigenvalue weighted by molar-refractivity contribution is -0.116. The van der Waals surface area contributed by atoms with Gasteiger partial charge in [-0.25, -0.2) is 8.91 Å². The van der Waals surface area contributed by atoms with Gasteiger partial charge in [0.15, 0.2) is 0 Å². The zero-order valence-corrected chi connectivity index (χ0v) is 17.8. The summed E-state index contributed by atoms with van der Waals surface area (Å²) in [4.78, 5) is 17.1. The van der Waals surface area contributed by atoms with Crippen molar-refractivity contribution in [3.63, 3.8) is 0 Å². The number of anilines is 1. The number of aromatic nitrogens is 3. The van der Waals surface area contributed by atoms with Gasteiger partial charge in [0.2, 0.25) is 16.8 Å². The summed E-state index contributed by atoms with van der Waals surface area (Å²) >= 11 is 13.3. The molecule has 2 heterocycles. The smallest absolute Gasteiger partial charge is 0.250 e. The zero-order chi connectivity index (χ0) is 21.1. The average molecular weight is 465 g/mol. The first kappa shape index (κ1) is 20.6. The van der Waals surface area contributed by atoms with E-state index in [0.29, 0.717) is 33.8 Å². The van der Waals surface area contributed by atoms with Crippen LogP contribution in [0.4, 0.5) is 10.3 Å². The van der Waals surface area contributed by atoms with Crippen LogP contribution in [-0.2, 0) is 4.79 Å². The number of benzene rings is 2. The van der Waals surface area contributed by atoms with Crippen molar-refractivity contribution >= 4 is 51.4 Å². The molecular weight excluding hydrogens is 450 g/mol. The predicted molar refractivity (Wildman–Crippen MR) is 116 cm³/mol. The van der Waals surface area contributed by atoms with E-state index in [2.05, 4.69) is 15.4 Å². The number of nitrogens with zero attached hydrogens (tertiary/aromatic N) is 3. The Morgan fingerprint density at radius 1 is 1.20 bits per heavy atom. The van der Waals surface area contributed by atoms with Crippen molar-refractivity contribution in [3.05, 3.63) is 63.7 Å². The van der Waals surface area contributed by atoms with Gasteiger partial charge in [-0.05, 0) is 48.9 Å². The van der Waals surface area contributed by atoms with Crippen LogP contribution in [0.5, 0.6) is 5.75 Å². The quantitative estimate of drug-likeness (QED) is 0.356. The number of ether oxygens (including phenoxy) is 1. The maximum Gasteiger partial charge on any atom is 0.250 e. The van der Waals surface area contributed by atoms with Crippen LogP contribution in [-0.4, -0.2) is 27.1 Å². The third-order valence-corrected chi connectivity index (χ3v) is 5.52. The van der Waals surface area contributed by atoms with Crippen LogP contribution in [0.15, 0.2) is 47.8 Å². The first-order valence-corrected chi connectivity index (χ1v) is 10.6. The van der Waals surface area contributed by atoms with Gasteiger partial charge in [-0.15, -0.1) is 16.4 Å². The number of halogens is 3. The Bertz CT molecular complexity index is 1190. The molecule has 0 radical (unpaired) electrons. The fraction of sp³-hybridized carbons (Fsp3) is 0.150. The lowest BCUT2D eigenvalue weighted by atomic mass is 10.2. The summed E-state index contributed by atoms with van der Waals surface area (Å²) in [6.07, 6.45) is 0.733. The second-order valence-corrected chi connectivity index (χ2v) is 8.01. The molecule has 30 heavy (non-hydrogen) atoms. The molecule has 154 valence electrons. The van der Waals surface area contributed by atoms with Crippen LogP contribution in [0.3, 0.4) is 0 Å². The van der Waals surface area contributed by atoms with E-state index in [0.717, 1.165) is 11.3 Å². The average Bonchev–Trinajstić information content (AvgIpc) is 3.27. The minimum Gasteiger partial charge on any atom is -0.492 e. The first-order valence-electron chi connectivity index (χ1n) is 8.97. The number of hydrogen-bond donors (Lipinski definition) is 1. The lowest BCUT2D eigenvalue weighted by Crippen LogP contribution is -2.14. The molecule has 0 aliphatic carbocycles. The molecule has 0 saturated carbocycles. The Morgan fingerprint density at radius 2 is 2.00 bits per heavy atom. The Labute approximate surface area is 185 Å². The summed E-state index contributed by atoms with van der Waals surface area (Å²) in [5, 5.41) is 9.86. The van der Waals surface area contributed by atoms with Gasteiger partial charge >= 0.3 is 0 Å². The summed E-state index contributed by atoms with van der Waals surface area (Å²) in [6.45, 7) is 0.329. The van der Waals surface area contributed by atoms with Crippen molar-refractivity contribution in [3.8, 4) is 17.0 Å². The van der Waals surface area contributed by atoms with Crippen LogP contribution in [0.25, 0.3) is 16.2 Å². The molecule has 0 saturated heterocycles. The maximum atomic E-state index is 13.1. The van der Waals surface area contributed by atoms with E-state index in [9.17, 15) is 9.18 Å². The van der Waals surface area contributed by atoms with Crippen molar-refractivity contribution < 1.29 is 13.9 Å². The molecule has 6 nitrogen and oxygen atoms in total. The number of carbonyl (C=O) groups excluding carboxylic acids is 1. The van der Waals surface area contributed by atoms with Gasteiger partial charge in [-0.1, -0.05) is 23.2 Å². The van der Waals surface area contributed by atoms with E-state index in [1.165, 1.54) is 23.5 Å². The molecule has 0 unspecified atom stereocenters. The van der Waals surface area contributed by atoms with E-state index in [4.69, 9.17) is 27.9 Å². The molecular formula is C20H15Cl2FN4O2S. The molecule has 4 rings (SSSR count). The molecule has 4 aromatic rings. The van der Waals surface area contributed by atoms with E-state index < -0.39 is 0 Å². The molecule has 0 aliphatic rings.